The summed E-state index contributed by atoms with van der Waals surface area (Å²) in [6, 6.07) is 3.16. The van der Waals surface area contributed by atoms with E-state index in [1.165, 1.54) is 0 Å². The highest BCUT2D eigenvalue weighted by Gasteiger charge is 2.49. The van der Waals surface area contributed by atoms with Gasteiger partial charge in [-0.2, -0.15) is 0 Å². The molecule has 3 N–H and O–H groups in total. The molecule has 140 valence electrons. The monoisotopic (exact) mass is 372 g/mol. The summed E-state index contributed by atoms with van der Waals surface area (Å²) in [5, 5.41) is 23.4. The topological polar surface area (TPSA) is 101 Å². The molecule has 0 spiro atoms. The lowest BCUT2D eigenvalue weighted by molar-refractivity contribution is -0.174. The molecule has 0 bridgehead atoms. The number of alkyl carbamates (subject to hydrolysis) is 1. The molecule has 0 saturated heterocycles. The standard InChI is InChI=1S/C17H25ClN2O5/c1-10(7-8-21)14-17(23,20-15(22)25-16(2,3)4)11-5-6-13(18)19-12(11)9-24-14/h5-6,10,14,21,23H,7-9H2,1-4H3,(H,20,22)/t10-,14-,17-/m0/s1. The van der Waals surface area contributed by atoms with Gasteiger partial charge in [0, 0.05) is 12.2 Å². The largest absolute Gasteiger partial charge is 0.444 e. The summed E-state index contributed by atoms with van der Waals surface area (Å²) in [5.74, 6) is -0.228. The van der Waals surface area contributed by atoms with E-state index in [0.29, 0.717) is 17.7 Å². The van der Waals surface area contributed by atoms with Gasteiger partial charge in [-0.1, -0.05) is 18.5 Å². The number of hydrogen-bond donors (Lipinski definition) is 3. The number of amides is 1. The molecule has 0 unspecified atom stereocenters. The van der Waals surface area contributed by atoms with Crippen LogP contribution in [0.1, 0.15) is 45.4 Å². The van der Waals surface area contributed by atoms with Crippen molar-refractivity contribution >= 4 is 17.7 Å². The van der Waals surface area contributed by atoms with Gasteiger partial charge in [0.2, 0.25) is 0 Å². The Hall–Kier alpha value is -1.41. The number of aliphatic hydroxyl groups is 2. The van der Waals surface area contributed by atoms with Crippen LogP contribution in [0, 0.1) is 5.92 Å². The zero-order valence-corrected chi connectivity index (χ0v) is 15.6. The maximum absolute atomic E-state index is 12.3. The van der Waals surface area contributed by atoms with Crippen molar-refractivity contribution in [1.82, 2.24) is 10.3 Å². The maximum Gasteiger partial charge on any atom is 0.410 e. The van der Waals surface area contributed by atoms with Gasteiger partial charge in [-0.25, -0.2) is 9.78 Å². The lowest BCUT2D eigenvalue weighted by Gasteiger charge is -2.43. The van der Waals surface area contributed by atoms with Crippen LogP contribution in [0.2, 0.25) is 5.15 Å². The number of hydrogen-bond acceptors (Lipinski definition) is 6. The first-order valence-electron chi connectivity index (χ1n) is 8.18. The molecule has 0 radical (unpaired) electrons. The molecule has 0 aromatic carbocycles. The van der Waals surface area contributed by atoms with Gasteiger partial charge in [0.25, 0.3) is 0 Å². The number of carbonyl (C=O) groups excluding carboxylic acids is 1. The van der Waals surface area contributed by atoms with E-state index in [9.17, 15) is 15.0 Å². The Kier molecular flexibility index (Phi) is 5.93. The van der Waals surface area contributed by atoms with Crippen molar-refractivity contribution in [2.75, 3.05) is 6.61 Å². The molecular formula is C17H25ClN2O5. The molecule has 2 heterocycles. The number of fused-ring (bicyclic) bond motifs is 1. The number of pyridine rings is 1. The SMILES string of the molecule is C[C@@H](CCO)[C@@H]1OCc2nc(Cl)ccc2[C@@]1(O)NC(=O)OC(C)(C)C. The molecule has 7 nitrogen and oxygen atoms in total. The van der Waals surface area contributed by atoms with Gasteiger partial charge >= 0.3 is 6.09 Å². The Morgan fingerprint density at radius 2 is 2.24 bits per heavy atom. The lowest BCUT2D eigenvalue weighted by Crippen LogP contribution is -2.60. The van der Waals surface area contributed by atoms with Crippen LogP contribution in [-0.2, 0) is 21.8 Å². The number of aliphatic hydroxyl groups excluding tert-OH is 1. The third kappa shape index (κ3) is 4.61. The average molecular weight is 373 g/mol. The third-order valence-corrected chi connectivity index (χ3v) is 4.17. The molecule has 3 atom stereocenters. The van der Waals surface area contributed by atoms with E-state index in [4.69, 9.17) is 21.1 Å². The summed E-state index contributed by atoms with van der Waals surface area (Å²) in [4.78, 5) is 16.5. The number of rotatable bonds is 4. The van der Waals surface area contributed by atoms with Gasteiger partial charge in [-0.15, -0.1) is 0 Å². The van der Waals surface area contributed by atoms with E-state index >= 15 is 0 Å². The smallest absolute Gasteiger partial charge is 0.410 e. The van der Waals surface area contributed by atoms with Crippen molar-refractivity contribution < 1.29 is 24.5 Å². The van der Waals surface area contributed by atoms with E-state index in [1.807, 2.05) is 6.92 Å². The molecule has 1 aliphatic heterocycles. The van der Waals surface area contributed by atoms with Crippen LogP contribution in [0.25, 0.3) is 0 Å². The minimum absolute atomic E-state index is 0.0602. The number of halogens is 1. The highest BCUT2D eigenvalue weighted by atomic mass is 35.5. The van der Waals surface area contributed by atoms with Crippen LogP contribution in [0.5, 0.6) is 0 Å². The third-order valence-electron chi connectivity index (χ3n) is 3.95. The van der Waals surface area contributed by atoms with Gasteiger partial charge in [-0.3, -0.25) is 5.32 Å². The van der Waals surface area contributed by atoms with Crippen LogP contribution in [-0.4, -0.2) is 39.6 Å². The van der Waals surface area contributed by atoms with Gasteiger partial charge in [0.1, 0.15) is 16.9 Å². The highest BCUT2D eigenvalue weighted by Crippen LogP contribution is 2.37. The second-order valence-electron chi connectivity index (χ2n) is 7.24. The number of ether oxygens (including phenoxy) is 2. The van der Waals surface area contributed by atoms with Gasteiger partial charge in [-0.05, 0) is 45.2 Å². The fraction of sp³-hybridized carbons (Fsp3) is 0.647. The Balaban J connectivity index is 2.39. The van der Waals surface area contributed by atoms with Crippen molar-refractivity contribution in [2.45, 2.75) is 58.2 Å². The van der Waals surface area contributed by atoms with E-state index in [1.54, 1.807) is 32.9 Å². The van der Waals surface area contributed by atoms with Crippen molar-refractivity contribution in [1.29, 1.82) is 0 Å². The summed E-state index contributed by atoms with van der Waals surface area (Å²) >= 11 is 5.92. The van der Waals surface area contributed by atoms with Crippen LogP contribution >= 0.6 is 11.6 Å². The van der Waals surface area contributed by atoms with Gasteiger partial charge in [0.15, 0.2) is 5.72 Å². The minimum atomic E-state index is -1.85. The van der Waals surface area contributed by atoms with E-state index in [2.05, 4.69) is 10.3 Å². The number of nitrogens with one attached hydrogen (secondary N) is 1. The quantitative estimate of drug-likeness (QED) is 0.554. The molecule has 1 amide bonds. The summed E-state index contributed by atoms with van der Waals surface area (Å²) in [7, 11) is 0. The Bertz CT molecular complexity index is 634. The Morgan fingerprint density at radius 3 is 2.84 bits per heavy atom. The summed E-state index contributed by atoms with van der Waals surface area (Å²) in [5.41, 5.74) is -1.71. The molecule has 0 fully saturated rings. The van der Waals surface area contributed by atoms with Crippen molar-refractivity contribution in [2.24, 2.45) is 5.92 Å². The molecular weight excluding hydrogens is 348 g/mol. The summed E-state index contributed by atoms with van der Waals surface area (Å²) < 4.78 is 11.0. The second kappa shape index (κ2) is 7.45. The van der Waals surface area contributed by atoms with Crippen molar-refractivity contribution in [3.63, 3.8) is 0 Å². The predicted molar refractivity (Wildman–Crippen MR) is 92.0 cm³/mol. The van der Waals surface area contributed by atoms with Crippen molar-refractivity contribution in [3.05, 3.63) is 28.5 Å². The number of aromatic nitrogens is 1. The molecule has 25 heavy (non-hydrogen) atoms. The minimum Gasteiger partial charge on any atom is -0.444 e. The first-order chi connectivity index (χ1) is 11.6. The summed E-state index contributed by atoms with van der Waals surface area (Å²) in [6.07, 6.45) is -1.15. The summed E-state index contributed by atoms with van der Waals surface area (Å²) in [6.45, 7) is 7.11. The zero-order chi connectivity index (χ0) is 18.8. The maximum atomic E-state index is 12.3. The molecule has 1 aromatic heterocycles. The number of carbonyl (C=O) groups is 1. The first kappa shape index (κ1) is 19.9. The number of nitrogens with zero attached hydrogens (tertiary/aromatic N) is 1. The zero-order valence-electron chi connectivity index (χ0n) is 14.9. The molecule has 8 heteroatoms. The van der Waals surface area contributed by atoms with Crippen LogP contribution in [0.3, 0.4) is 0 Å². The average Bonchev–Trinajstić information content (AvgIpc) is 2.44. The molecule has 2 rings (SSSR count). The van der Waals surface area contributed by atoms with Crippen LogP contribution < -0.4 is 5.32 Å². The molecule has 0 aliphatic carbocycles. The molecule has 1 aliphatic rings. The molecule has 0 saturated carbocycles. The predicted octanol–water partition coefficient (Wildman–Crippen LogP) is 2.32. The molecule has 1 aromatic rings. The van der Waals surface area contributed by atoms with Crippen molar-refractivity contribution in [3.8, 4) is 0 Å². The Labute approximate surface area is 152 Å². The first-order valence-corrected chi connectivity index (χ1v) is 8.56. The van der Waals surface area contributed by atoms with Gasteiger partial charge in [0.05, 0.1) is 12.3 Å². The fourth-order valence-corrected chi connectivity index (χ4v) is 3.07. The second-order valence-corrected chi connectivity index (χ2v) is 7.63. The van der Waals surface area contributed by atoms with E-state index in [0.717, 1.165) is 0 Å². The van der Waals surface area contributed by atoms with Crippen LogP contribution in [0.4, 0.5) is 4.79 Å². The Morgan fingerprint density at radius 1 is 1.56 bits per heavy atom. The van der Waals surface area contributed by atoms with E-state index < -0.39 is 23.5 Å². The normalized spacial score (nSPS) is 24.4. The lowest BCUT2D eigenvalue weighted by atomic mass is 9.84. The van der Waals surface area contributed by atoms with E-state index in [-0.39, 0.29) is 24.3 Å². The van der Waals surface area contributed by atoms with Gasteiger partial charge < -0.3 is 19.7 Å². The van der Waals surface area contributed by atoms with Crippen LogP contribution in [0.15, 0.2) is 12.1 Å². The fourth-order valence-electron chi connectivity index (χ4n) is 2.90. The highest BCUT2D eigenvalue weighted by molar-refractivity contribution is 6.29.